The average molecular weight is 401 g/mol. The molecule has 29 heavy (non-hydrogen) atoms. The van der Waals surface area contributed by atoms with Crippen molar-refractivity contribution in [3.05, 3.63) is 47.5 Å². The summed E-state index contributed by atoms with van der Waals surface area (Å²) in [7, 11) is 6.66. The molecule has 0 N–H and O–H groups in total. The second-order valence-corrected chi connectivity index (χ2v) is 7.66. The molecule has 1 fully saturated rings. The molecule has 1 saturated heterocycles. The maximum Gasteiger partial charge on any atom is 0.160 e. The van der Waals surface area contributed by atoms with E-state index in [1.165, 1.54) is 11.1 Å². The SMILES string of the molecule is COc1ccc(C[C@@H]2[C@H](Cc3ccc(OC)c(OC)c3)[C@H](C)O[C@H]2C)cc1OC. The Kier molecular flexibility index (Phi) is 6.91. The van der Waals surface area contributed by atoms with Gasteiger partial charge in [0.15, 0.2) is 23.0 Å². The predicted octanol–water partition coefficient (Wildman–Crippen LogP) is 4.55. The lowest BCUT2D eigenvalue weighted by molar-refractivity contribution is 0.0500. The molecule has 1 heterocycles. The molecule has 0 amide bonds. The summed E-state index contributed by atoms with van der Waals surface area (Å²) in [5.74, 6) is 3.86. The van der Waals surface area contributed by atoms with Crippen molar-refractivity contribution in [2.24, 2.45) is 11.8 Å². The second-order valence-electron chi connectivity index (χ2n) is 7.66. The van der Waals surface area contributed by atoms with Crippen molar-refractivity contribution in [1.82, 2.24) is 0 Å². The zero-order valence-corrected chi connectivity index (χ0v) is 18.2. The van der Waals surface area contributed by atoms with E-state index in [9.17, 15) is 0 Å². The van der Waals surface area contributed by atoms with Gasteiger partial charge in [-0.1, -0.05) is 12.1 Å². The standard InChI is InChI=1S/C24H32O5/c1-15-19(11-17-7-9-21(25-3)23(13-17)27-5)20(16(2)29-15)12-18-8-10-22(26-4)24(14-18)28-6/h7-10,13-16,19-20H,11-12H2,1-6H3/t15-,16-,19-,20+/m0/s1. The van der Waals surface area contributed by atoms with E-state index in [1.807, 2.05) is 12.1 Å². The van der Waals surface area contributed by atoms with Gasteiger partial charge in [-0.3, -0.25) is 0 Å². The highest BCUT2D eigenvalue weighted by Gasteiger charge is 2.39. The first-order chi connectivity index (χ1) is 14.0. The van der Waals surface area contributed by atoms with Gasteiger partial charge in [-0.15, -0.1) is 0 Å². The third-order valence-corrected chi connectivity index (χ3v) is 6.02. The average Bonchev–Trinajstić information content (AvgIpc) is 3.00. The van der Waals surface area contributed by atoms with Gasteiger partial charge in [0, 0.05) is 0 Å². The summed E-state index contributed by atoms with van der Waals surface area (Å²) in [5.41, 5.74) is 2.46. The van der Waals surface area contributed by atoms with Crippen molar-refractivity contribution in [2.45, 2.75) is 38.9 Å². The van der Waals surface area contributed by atoms with E-state index in [2.05, 4.69) is 38.1 Å². The maximum atomic E-state index is 6.22. The zero-order valence-electron chi connectivity index (χ0n) is 18.2. The first-order valence-corrected chi connectivity index (χ1v) is 10.1. The first-order valence-electron chi connectivity index (χ1n) is 10.1. The van der Waals surface area contributed by atoms with Gasteiger partial charge in [0.1, 0.15) is 0 Å². The molecule has 1 aliphatic heterocycles. The highest BCUT2D eigenvalue weighted by atomic mass is 16.5. The van der Waals surface area contributed by atoms with Gasteiger partial charge in [-0.25, -0.2) is 0 Å². The second kappa shape index (κ2) is 9.40. The Bertz CT molecular complexity index is 751. The molecule has 2 aromatic rings. The summed E-state index contributed by atoms with van der Waals surface area (Å²) in [4.78, 5) is 0. The highest BCUT2D eigenvalue weighted by molar-refractivity contribution is 5.44. The quantitative estimate of drug-likeness (QED) is 0.651. The van der Waals surface area contributed by atoms with E-state index in [-0.39, 0.29) is 12.2 Å². The Balaban J connectivity index is 1.81. The summed E-state index contributed by atoms with van der Waals surface area (Å²) in [6, 6.07) is 12.3. The van der Waals surface area contributed by atoms with Crippen LogP contribution in [0.5, 0.6) is 23.0 Å². The van der Waals surface area contributed by atoms with Gasteiger partial charge in [-0.05, 0) is 73.9 Å². The predicted molar refractivity (Wildman–Crippen MR) is 113 cm³/mol. The number of hydrogen-bond acceptors (Lipinski definition) is 5. The number of ether oxygens (including phenoxy) is 5. The monoisotopic (exact) mass is 400 g/mol. The molecule has 5 nitrogen and oxygen atoms in total. The van der Waals surface area contributed by atoms with Crippen molar-refractivity contribution < 1.29 is 23.7 Å². The minimum atomic E-state index is 0.197. The lowest BCUT2D eigenvalue weighted by atomic mass is 9.79. The molecule has 0 bridgehead atoms. The Labute approximate surface area is 173 Å². The van der Waals surface area contributed by atoms with E-state index >= 15 is 0 Å². The van der Waals surface area contributed by atoms with Crippen LogP contribution in [0.15, 0.2) is 36.4 Å². The van der Waals surface area contributed by atoms with Gasteiger partial charge >= 0.3 is 0 Å². The fourth-order valence-electron chi connectivity index (χ4n) is 4.43. The van der Waals surface area contributed by atoms with Crippen LogP contribution in [0.4, 0.5) is 0 Å². The fraction of sp³-hybridized carbons (Fsp3) is 0.500. The van der Waals surface area contributed by atoms with E-state index in [4.69, 9.17) is 23.7 Å². The molecular formula is C24H32O5. The third kappa shape index (κ3) is 4.61. The fourth-order valence-corrected chi connectivity index (χ4v) is 4.43. The molecule has 2 aromatic carbocycles. The van der Waals surface area contributed by atoms with Crippen LogP contribution in [-0.4, -0.2) is 40.6 Å². The molecule has 5 heteroatoms. The molecule has 0 aliphatic carbocycles. The van der Waals surface area contributed by atoms with E-state index in [1.54, 1.807) is 28.4 Å². The Hall–Kier alpha value is -2.40. The molecule has 0 spiro atoms. The van der Waals surface area contributed by atoms with Crippen LogP contribution in [0.1, 0.15) is 25.0 Å². The van der Waals surface area contributed by atoms with E-state index in [0.29, 0.717) is 11.8 Å². The maximum absolute atomic E-state index is 6.22. The molecule has 0 aromatic heterocycles. The van der Waals surface area contributed by atoms with Crippen LogP contribution < -0.4 is 18.9 Å². The van der Waals surface area contributed by atoms with Gasteiger partial charge in [0.2, 0.25) is 0 Å². The van der Waals surface area contributed by atoms with Gasteiger partial charge in [-0.2, -0.15) is 0 Å². The largest absolute Gasteiger partial charge is 0.493 e. The number of benzene rings is 2. The smallest absolute Gasteiger partial charge is 0.160 e. The summed E-state index contributed by atoms with van der Waals surface area (Å²) in [6.07, 6.45) is 2.26. The topological polar surface area (TPSA) is 46.2 Å². The highest BCUT2D eigenvalue weighted by Crippen LogP contribution is 2.39. The van der Waals surface area contributed by atoms with Crippen molar-refractivity contribution in [1.29, 1.82) is 0 Å². The Morgan fingerprint density at radius 3 is 1.34 bits per heavy atom. The normalized spacial score (nSPS) is 23.7. The number of methoxy groups -OCH3 is 4. The molecule has 158 valence electrons. The van der Waals surface area contributed by atoms with Crippen LogP contribution in [0.3, 0.4) is 0 Å². The van der Waals surface area contributed by atoms with Gasteiger partial charge in [0.05, 0.1) is 40.6 Å². The molecule has 0 saturated carbocycles. The van der Waals surface area contributed by atoms with Crippen LogP contribution in [0.25, 0.3) is 0 Å². The number of hydrogen-bond donors (Lipinski definition) is 0. The third-order valence-electron chi connectivity index (χ3n) is 6.02. The first kappa shape index (κ1) is 21.3. The van der Waals surface area contributed by atoms with Crippen LogP contribution in [0.2, 0.25) is 0 Å². The summed E-state index contributed by atoms with van der Waals surface area (Å²) < 4.78 is 27.9. The molecule has 0 radical (unpaired) electrons. The van der Waals surface area contributed by atoms with Crippen molar-refractivity contribution in [3.63, 3.8) is 0 Å². The van der Waals surface area contributed by atoms with Crippen molar-refractivity contribution in [3.8, 4) is 23.0 Å². The Morgan fingerprint density at radius 1 is 0.621 bits per heavy atom. The molecule has 0 unspecified atom stereocenters. The summed E-state index contributed by atoms with van der Waals surface area (Å²) in [5, 5.41) is 0. The molecule has 3 rings (SSSR count). The summed E-state index contributed by atoms with van der Waals surface area (Å²) in [6.45, 7) is 4.35. The minimum absolute atomic E-state index is 0.197. The molecule has 4 atom stereocenters. The minimum Gasteiger partial charge on any atom is -0.493 e. The molecule has 1 aliphatic rings. The van der Waals surface area contributed by atoms with Crippen LogP contribution in [0, 0.1) is 11.8 Å². The van der Waals surface area contributed by atoms with Gasteiger partial charge in [0.25, 0.3) is 0 Å². The van der Waals surface area contributed by atoms with Crippen LogP contribution in [-0.2, 0) is 17.6 Å². The van der Waals surface area contributed by atoms with Gasteiger partial charge < -0.3 is 23.7 Å². The lowest BCUT2D eigenvalue weighted by Crippen LogP contribution is -2.24. The summed E-state index contributed by atoms with van der Waals surface area (Å²) >= 11 is 0. The van der Waals surface area contributed by atoms with Crippen LogP contribution >= 0.6 is 0 Å². The van der Waals surface area contributed by atoms with E-state index in [0.717, 1.165) is 35.8 Å². The molecular weight excluding hydrogens is 368 g/mol. The van der Waals surface area contributed by atoms with Crippen molar-refractivity contribution in [2.75, 3.05) is 28.4 Å². The number of rotatable bonds is 8. The Morgan fingerprint density at radius 2 is 1.00 bits per heavy atom. The van der Waals surface area contributed by atoms with Crippen molar-refractivity contribution >= 4 is 0 Å². The zero-order chi connectivity index (χ0) is 21.0. The lowest BCUT2D eigenvalue weighted by Gasteiger charge is -2.23. The van der Waals surface area contributed by atoms with E-state index < -0.39 is 0 Å².